The molecule has 1 fully saturated rings. The maximum absolute atomic E-state index is 10.1. The van der Waals surface area contributed by atoms with Crippen LogP contribution >= 0.6 is 0 Å². The van der Waals surface area contributed by atoms with E-state index in [1.807, 2.05) is 24.3 Å². The summed E-state index contributed by atoms with van der Waals surface area (Å²) in [6.07, 6.45) is 5.74. The van der Waals surface area contributed by atoms with Crippen LogP contribution in [-0.4, -0.2) is 24.2 Å². The number of aliphatic imine (C=N–C) groups is 1. The van der Waals surface area contributed by atoms with E-state index in [2.05, 4.69) is 4.99 Å². The third-order valence-corrected chi connectivity index (χ3v) is 4.49. The molecule has 0 saturated heterocycles. The highest BCUT2D eigenvalue weighted by atomic mass is 16.7. The first kappa shape index (κ1) is 14.9. The van der Waals surface area contributed by atoms with Gasteiger partial charge in [0.1, 0.15) is 0 Å². The average molecular weight is 325 g/mol. The van der Waals surface area contributed by atoms with Gasteiger partial charge >= 0.3 is 0 Å². The number of benzene rings is 2. The largest absolute Gasteiger partial charge is 0.504 e. The molecule has 24 heavy (non-hydrogen) atoms. The Morgan fingerprint density at radius 1 is 1.12 bits per heavy atom. The molecule has 2 aromatic carbocycles. The predicted molar refractivity (Wildman–Crippen MR) is 90.8 cm³/mol. The number of nitrogens with zero attached hydrogens (tertiary/aromatic N) is 1. The molecule has 2 aliphatic rings. The molecule has 0 bridgehead atoms. The van der Waals surface area contributed by atoms with E-state index in [1.165, 1.54) is 7.11 Å². The molecule has 124 valence electrons. The van der Waals surface area contributed by atoms with E-state index >= 15 is 0 Å². The van der Waals surface area contributed by atoms with Crippen LogP contribution in [0.1, 0.15) is 31.2 Å². The lowest BCUT2D eigenvalue weighted by Crippen LogP contribution is -2.34. The number of rotatable bonds is 3. The minimum atomic E-state index is -0.463. The molecular weight excluding hydrogens is 306 g/mol. The Labute approximate surface area is 140 Å². The van der Waals surface area contributed by atoms with Gasteiger partial charge in [0.05, 0.1) is 12.8 Å². The van der Waals surface area contributed by atoms with Gasteiger partial charge in [-0.15, -0.1) is 0 Å². The number of methoxy groups -OCH3 is 1. The molecule has 5 nitrogen and oxygen atoms in total. The van der Waals surface area contributed by atoms with Gasteiger partial charge in [0.2, 0.25) is 0 Å². The van der Waals surface area contributed by atoms with Crippen LogP contribution in [0.4, 0.5) is 5.69 Å². The molecule has 5 heteroatoms. The van der Waals surface area contributed by atoms with Gasteiger partial charge in [-0.1, -0.05) is 6.07 Å². The van der Waals surface area contributed by atoms with Crippen LogP contribution in [0.3, 0.4) is 0 Å². The molecule has 1 spiro atoms. The van der Waals surface area contributed by atoms with Gasteiger partial charge in [-0.2, -0.15) is 0 Å². The smallest absolute Gasteiger partial charge is 0.251 e. The third kappa shape index (κ3) is 2.56. The molecule has 0 unspecified atom stereocenters. The molecule has 0 radical (unpaired) electrons. The molecule has 2 aromatic rings. The van der Waals surface area contributed by atoms with Crippen molar-refractivity contribution in [2.45, 2.75) is 31.5 Å². The first-order valence-corrected chi connectivity index (χ1v) is 8.11. The topological polar surface area (TPSA) is 60.3 Å². The van der Waals surface area contributed by atoms with Crippen LogP contribution in [0.2, 0.25) is 0 Å². The van der Waals surface area contributed by atoms with Gasteiger partial charge in [-0.05, 0) is 37.1 Å². The lowest BCUT2D eigenvalue weighted by atomic mass is 10.2. The van der Waals surface area contributed by atoms with Crippen molar-refractivity contribution >= 4 is 11.9 Å². The minimum absolute atomic E-state index is 0.0781. The molecule has 0 atom stereocenters. The Kier molecular flexibility index (Phi) is 3.56. The summed E-state index contributed by atoms with van der Waals surface area (Å²) in [6, 6.07) is 10.9. The second-order valence-electron chi connectivity index (χ2n) is 6.11. The van der Waals surface area contributed by atoms with Crippen molar-refractivity contribution in [3.05, 3.63) is 42.0 Å². The Hall–Kier alpha value is -2.69. The maximum Gasteiger partial charge on any atom is 0.251 e. The summed E-state index contributed by atoms with van der Waals surface area (Å²) in [4.78, 5) is 4.43. The highest BCUT2D eigenvalue weighted by Crippen LogP contribution is 2.47. The quantitative estimate of drug-likeness (QED) is 0.860. The first-order valence-electron chi connectivity index (χ1n) is 8.11. The standard InChI is InChI=1S/C19H19NO4/c1-22-16-6-4-5-13(18(16)21)12-20-14-7-8-15-17(11-14)24-19(23-15)9-2-3-10-19/h4-8,11-12,21H,2-3,9-10H2,1H3. The van der Waals surface area contributed by atoms with E-state index in [9.17, 15) is 5.11 Å². The van der Waals surface area contributed by atoms with E-state index in [4.69, 9.17) is 14.2 Å². The third-order valence-electron chi connectivity index (χ3n) is 4.49. The first-order chi connectivity index (χ1) is 11.7. The molecule has 1 N–H and O–H groups in total. The highest BCUT2D eigenvalue weighted by Gasteiger charge is 2.43. The van der Waals surface area contributed by atoms with Crippen LogP contribution < -0.4 is 14.2 Å². The number of ether oxygens (including phenoxy) is 3. The molecule has 4 rings (SSSR count). The summed E-state index contributed by atoms with van der Waals surface area (Å²) in [6.45, 7) is 0. The lowest BCUT2D eigenvalue weighted by molar-refractivity contribution is -0.0716. The molecule has 1 aliphatic heterocycles. The lowest BCUT2D eigenvalue weighted by Gasteiger charge is -2.21. The fourth-order valence-electron chi connectivity index (χ4n) is 3.23. The summed E-state index contributed by atoms with van der Waals surface area (Å²) in [5.41, 5.74) is 1.34. The zero-order valence-electron chi connectivity index (χ0n) is 13.5. The Bertz CT molecular complexity index is 794. The van der Waals surface area contributed by atoms with Gasteiger partial charge < -0.3 is 19.3 Å². The van der Waals surface area contributed by atoms with Crippen LogP contribution in [-0.2, 0) is 0 Å². The fraction of sp³-hybridized carbons (Fsp3) is 0.316. The zero-order chi connectivity index (χ0) is 16.6. The molecule has 0 aromatic heterocycles. The maximum atomic E-state index is 10.1. The number of phenolic OH excluding ortho intramolecular Hbond substituents is 1. The molecular formula is C19H19NO4. The number of para-hydroxylation sites is 1. The number of hydrogen-bond donors (Lipinski definition) is 1. The van der Waals surface area contributed by atoms with E-state index in [-0.39, 0.29) is 5.75 Å². The predicted octanol–water partition coefficient (Wildman–Crippen LogP) is 4.19. The SMILES string of the molecule is COc1cccc(C=Nc2ccc3c(c2)OC2(CCCC2)O3)c1O. The van der Waals surface area contributed by atoms with Crippen LogP contribution in [0.25, 0.3) is 0 Å². The van der Waals surface area contributed by atoms with Crippen LogP contribution in [0.5, 0.6) is 23.0 Å². The van der Waals surface area contributed by atoms with Crippen molar-refractivity contribution in [2.75, 3.05) is 7.11 Å². The van der Waals surface area contributed by atoms with Gasteiger partial charge in [0.25, 0.3) is 5.79 Å². The number of aromatic hydroxyl groups is 1. The highest BCUT2D eigenvalue weighted by molar-refractivity contribution is 5.86. The second-order valence-corrected chi connectivity index (χ2v) is 6.11. The molecule has 1 heterocycles. The van der Waals surface area contributed by atoms with Crippen molar-refractivity contribution in [3.63, 3.8) is 0 Å². The van der Waals surface area contributed by atoms with E-state index in [0.717, 1.165) is 42.9 Å². The van der Waals surface area contributed by atoms with Crippen molar-refractivity contribution < 1.29 is 19.3 Å². The summed E-state index contributed by atoms with van der Waals surface area (Å²) >= 11 is 0. The van der Waals surface area contributed by atoms with Crippen molar-refractivity contribution in [1.82, 2.24) is 0 Å². The van der Waals surface area contributed by atoms with Crippen molar-refractivity contribution in [1.29, 1.82) is 0 Å². The summed E-state index contributed by atoms with van der Waals surface area (Å²) in [7, 11) is 1.52. The number of hydrogen-bond acceptors (Lipinski definition) is 5. The molecule has 0 amide bonds. The minimum Gasteiger partial charge on any atom is -0.504 e. The van der Waals surface area contributed by atoms with Gasteiger partial charge in [-0.3, -0.25) is 4.99 Å². The Balaban J connectivity index is 1.57. The zero-order valence-corrected chi connectivity index (χ0v) is 13.5. The molecule has 1 aliphatic carbocycles. The normalized spacial score (nSPS) is 17.7. The van der Waals surface area contributed by atoms with E-state index < -0.39 is 5.79 Å². The van der Waals surface area contributed by atoms with E-state index in [1.54, 1.807) is 18.3 Å². The monoisotopic (exact) mass is 325 g/mol. The summed E-state index contributed by atoms with van der Waals surface area (Å²) < 4.78 is 17.1. The van der Waals surface area contributed by atoms with Gasteiger partial charge in [-0.25, -0.2) is 0 Å². The molecule has 1 saturated carbocycles. The Morgan fingerprint density at radius 2 is 1.92 bits per heavy atom. The average Bonchev–Trinajstić information content (AvgIpc) is 3.19. The van der Waals surface area contributed by atoms with Crippen LogP contribution in [0, 0.1) is 0 Å². The van der Waals surface area contributed by atoms with Crippen LogP contribution in [0.15, 0.2) is 41.4 Å². The Morgan fingerprint density at radius 3 is 2.71 bits per heavy atom. The summed E-state index contributed by atoms with van der Waals surface area (Å²) in [5, 5.41) is 10.1. The van der Waals surface area contributed by atoms with E-state index in [0.29, 0.717) is 11.3 Å². The van der Waals surface area contributed by atoms with Crippen molar-refractivity contribution in [2.24, 2.45) is 4.99 Å². The van der Waals surface area contributed by atoms with Crippen molar-refractivity contribution in [3.8, 4) is 23.0 Å². The number of phenols is 1. The second kappa shape index (κ2) is 5.74. The summed E-state index contributed by atoms with van der Waals surface area (Å²) in [5.74, 6) is 1.55. The van der Waals surface area contributed by atoms with Gasteiger partial charge in [0, 0.05) is 30.7 Å². The fourth-order valence-corrected chi connectivity index (χ4v) is 3.23. The number of fused-ring (bicyclic) bond motifs is 1. The van der Waals surface area contributed by atoms with Gasteiger partial charge in [0.15, 0.2) is 23.0 Å².